The lowest BCUT2D eigenvalue weighted by molar-refractivity contribution is 0.0848. The second-order valence-electron chi connectivity index (χ2n) is 6.44. The van der Waals surface area contributed by atoms with Gasteiger partial charge in [-0.05, 0) is 31.5 Å². The van der Waals surface area contributed by atoms with Crippen molar-refractivity contribution in [2.45, 2.75) is 18.7 Å². The van der Waals surface area contributed by atoms with Gasteiger partial charge >= 0.3 is 0 Å². The summed E-state index contributed by atoms with van der Waals surface area (Å²) in [7, 11) is -3.95. The van der Waals surface area contributed by atoms with Crippen LogP contribution >= 0.6 is 11.3 Å². The van der Waals surface area contributed by atoms with Gasteiger partial charge in [0.25, 0.3) is 11.8 Å². The zero-order valence-electron chi connectivity index (χ0n) is 15.9. The van der Waals surface area contributed by atoms with Gasteiger partial charge < -0.3 is 9.64 Å². The van der Waals surface area contributed by atoms with E-state index in [1.165, 1.54) is 29.5 Å². The fourth-order valence-corrected chi connectivity index (χ4v) is 4.30. The quantitative estimate of drug-likeness (QED) is 0.582. The molecule has 0 bridgehead atoms. The Labute approximate surface area is 172 Å². The Bertz CT molecular complexity index is 1040. The van der Waals surface area contributed by atoms with E-state index in [4.69, 9.17) is 9.88 Å². The molecule has 0 atom stereocenters. The highest BCUT2D eigenvalue weighted by Gasteiger charge is 2.21. The summed E-state index contributed by atoms with van der Waals surface area (Å²) in [5.41, 5.74) is 5.83. The molecule has 1 aliphatic heterocycles. The van der Waals surface area contributed by atoms with Gasteiger partial charge in [-0.3, -0.25) is 20.4 Å². The largest absolute Gasteiger partial charge is 0.378 e. The van der Waals surface area contributed by atoms with Crippen molar-refractivity contribution in [3.63, 3.8) is 0 Å². The average molecular weight is 440 g/mol. The van der Waals surface area contributed by atoms with E-state index in [2.05, 4.69) is 15.8 Å². The molecule has 0 radical (unpaired) electrons. The number of nitrogens with zero attached hydrogens (tertiary/aromatic N) is 2. The summed E-state index contributed by atoms with van der Waals surface area (Å²) < 4.78 is 28.3. The smallest absolute Gasteiger partial charge is 0.281 e. The third-order valence-corrected chi connectivity index (χ3v) is 6.47. The van der Waals surface area contributed by atoms with Crippen molar-refractivity contribution in [3.8, 4) is 0 Å². The second kappa shape index (κ2) is 8.45. The molecular formula is C17H21N5O5S2. The monoisotopic (exact) mass is 439 g/mol. The van der Waals surface area contributed by atoms with Gasteiger partial charge in [-0.2, -0.15) is 0 Å². The van der Waals surface area contributed by atoms with Crippen LogP contribution in [0.15, 0.2) is 23.1 Å². The summed E-state index contributed by atoms with van der Waals surface area (Å²) in [6.45, 7) is 5.97. The number of hydrogen-bond donors (Lipinski definition) is 3. The third-order valence-electron chi connectivity index (χ3n) is 4.34. The first-order chi connectivity index (χ1) is 13.7. The molecule has 10 nitrogen and oxygen atoms in total. The van der Waals surface area contributed by atoms with Gasteiger partial charge in [-0.25, -0.2) is 18.5 Å². The van der Waals surface area contributed by atoms with Crippen molar-refractivity contribution < 1.29 is 22.7 Å². The molecule has 0 spiro atoms. The predicted octanol–water partition coefficient (Wildman–Crippen LogP) is 0.319. The maximum Gasteiger partial charge on any atom is 0.281 e. The summed E-state index contributed by atoms with van der Waals surface area (Å²) in [4.78, 5) is 31.6. The minimum absolute atomic E-state index is 0.0897. The first kappa shape index (κ1) is 21.2. The molecule has 156 valence electrons. The molecule has 2 heterocycles. The molecule has 12 heteroatoms. The van der Waals surface area contributed by atoms with Gasteiger partial charge in [0, 0.05) is 18.7 Å². The van der Waals surface area contributed by atoms with Crippen LogP contribution in [0.1, 0.15) is 31.3 Å². The minimum Gasteiger partial charge on any atom is -0.378 e. The number of primary sulfonamides is 1. The number of nitrogens with two attached hydrogens (primary N) is 1. The number of aromatic nitrogens is 1. The molecule has 2 aromatic rings. The van der Waals surface area contributed by atoms with Crippen LogP contribution in [0.25, 0.3) is 0 Å². The summed E-state index contributed by atoms with van der Waals surface area (Å²) in [5.74, 6) is -1.16. The Hall–Kier alpha value is -2.54. The zero-order chi connectivity index (χ0) is 21.2. The molecule has 1 aliphatic rings. The predicted molar refractivity (Wildman–Crippen MR) is 107 cm³/mol. The van der Waals surface area contributed by atoms with Crippen molar-refractivity contribution in [2.75, 3.05) is 31.2 Å². The molecule has 0 aliphatic carbocycles. The Balaban J connectivity index is 1.69. The van der Waals surface area contributed by atoms with E-state index in [1.54, 1.807) is 13.8 Å². The molecule has 0 saturated carbocycles. The van der Waals surface area contributed by atoms with Crippen LogP contribution in [0.2, 0.25) is 0 Å². The lowest BCUT2D eigenvalue weighted by Crippen LogP contribution is -2.41. The number of sulfonamides is 1. The number of aryl methyl sites for hydroxylation is 2. The third kappa shape index (κ3) is 4.90. The number of rotatable bonds is 4. The number of carbonyl (C=O) groups is 2. The van der Waals surface area contributed by atoms with E-state index < -0.39 is 21.8 Å². The van der Waals surface area contributed by atoms with Crippen LogP contribution < -0.4 is 20.9 Å². The number of benzene rings is 1. The fraction of sp³-hybridized carbons (Fsp3) is 0.353. The molecule has 29 heavy (non-hydrogen) atoms. The molecular weight excluding hydrogens is 418 g/mol. The van der Waals surface area contributed by atoms with Gasteiger partial charge in [-0.15, -0.1) is 0 Å². The molecule has 0 unspecified atom stereocenters. The Kier molecular flexibility index (Phi) is 6.17. The van der Waals surface area contributed by atoms with Gasteiger partial charge in [0.2, 0.25) is 10.0 Å². The van der Waals surface area contributed by atoms with Crippen molar-refractivity contribution >= 4 is 38.3 Å². The number of nitrogens with one attached hydrogen (secondary N) is 2. The van der Waals surface area contributed by atoms with E-state index in [1.807, 2.05) is 4.90 Å². The molecule has 2 amide bonds. The van der Waals surface area contributed by atoms with Gasteiger partial charge in [0.05, 0.1) is 23.8 Å². The average Bonchev–Trinajstić information content (AvgIpc) is 3.08. The summed E-state index contributed by atoms with van der Waals surface area (Å²) >= 11 is 1.23. The Morgan fingerprint density at radius 1 is 1.17 bits per heavy atom. The molecule has 1 saturated heterocycles. The number of hydrazine groups is 1. The van der Waals surface area contributed by atoms with Crippen molar-refractivity contribution in [3.05, 3.63) is 39.9 Å². The number of hydrogen-bond acceptors (Lipinski definition) is 8. The van der Waals surface area contributed by atoms with Crippen LogP contribution in [0.3, 0.4) is 0 Å². The first-order valence-corrected chi connectivity index (χ1v) is 11.1. The van der Waals surface area contributed by atoms with Crippen LogP contribution in [-0.4, -0.2) is 51.5 Å². The fourth-order valence-electron chi connectivity index (χ4n) is 2.74. The number of thiazole rings is 1. The highest BCUT2D eigenvalue weighted by molar-refractivity contribution is 7.89. The van der Waals surface area contributed by atoms with E-state index in [9.17, 15) is 18.0 Å². The van der Waals surface area contributed by atoms with Crippen LogP contribution in [0, 0.1) is 13.8 Å². The SMILES string of the molecule is Cc1ccc(S(N)(=O)=O)cc1C(=O)NNC(=O)c1sc(N2CCOCC2)nc1C. The Morgan fingerprint density at radius 2 is 1.83 bits per heavy atom. The van der Waals surface area contributed by atoms with Crippen molar-refractivity contribution in [2.24, 2.45) is 5.14 Å². The van der Waals surface area contributed by atoms with Crippen molar-refractivity contribution in [1.82, 2.24) is 15.8 Å². The molecule has 4 N–H and O–H groups in total. The standard InChI is InChI=1S/C17H21N5O5S2/c1-10-3-4-12(29(18,25)26)9-13(10)15(23)20-21-16(24)14-11(2)19-17(28-14)22-5-7-27-8-6-22/h3-4,9H,5-8H2,1-2H3,(H,20,23)(H,21,24)(H2,18,25,26). The van der Waals surface area contributed by atoms with E-state index in [-0.39, 0.29) is 10.5 Å². The second-order valence-corrected chi connectivity index (χ2v) is 8.98. The highest BCUT2D eigenvalue weighted by Crippen LogP contribution is 2.26. The lowest BCUT2D eigenvalue weighted by atomic mass is 10.1. The van der Waals surface area contributed by atoms with Gasteiger partial charge in [0.1, 0.15) is 4.88 Å². The zero-order valence-corrected chi connectivity index (χ0v) is 17.5. The number of ether oxygens (including phenoxy) is 1. The van der Waals surface area contributed by atoms with Crippen LogP contribution in [0.4, 0.5) is 5.13 Å². The van der Waals surface area contributed by atoms with Gasteiger partial charge in [-0.1, -0.05) is 17.4 Å². The van der Waals surface area contributed by atoms with Crippen molar-refractivity contribution in [1.29, 1.82) is 0 Å². The van der Waals surface area contributed by atoms with Crippen LogP contribution in [-0.2, 0) is 14.8 Å². The maximum absolute atomic E-state index is 12.5. The molecule has 1 fully saturated rings. The van der Waals surface area contributed by atoms with Gasteiger partial charge in [0.15, 0.2) is 5.13 Å². The first-order valence-electron chi connectivity index (χ1n) is 8.71. The molecule has 3 rings (SSSR count). The number of morpholine rings is 1. The normalized spacial score (nSPS) is 14.5. The summed E-state index contributed by atoms with van der Waals surface area (Å²) in [6.07, 6.45) is 0. The summed E-state index contributed by atoms with van der Waals surface area (Å²) in [6, 6.07) is 3.95. The minimum atomic E-state index is -3.95. The molecule has 1 aromatic carbocycles. The number of amides is 2. The highest BCUT2D eigenvalue weighted by atomic mass is 32.2. The van der Waals surface area contributed by atoms with E-state index in [0.717, 1.165) is 5.13 Å². The van der Waals surface area contributed by atoms with Crippen LogP contribution in [0.5, 0.6) is 0 Å². The molecule has 1 aromatic heterocycles. The van der Waals surface area contributed by atoms with E-state index in [0.29, 0.717) is 42.4 Å². The number of carbonyl (C=O) groups excluding carboxylic acids is 2. The number of anilines is 1. The Morgan fingerprint density at radius 3 is 2.48 bits per heavy atom. The van der Waals surface area contributed by atoms with E-state index >= 15 is 0 Å². The lowest BCUT2D eigenvalue weighted by Gasteiger charge is -2.25. The maximum atomic E-state index is 12.5. The summed E-state index contributed by atoms with van der Waals surface area (Å²) in [5, 5.41) is 5.83. The topological polar surface area (TPSA) is 144 Å².